The number of phenolic OH excluding ortho intramolecular Hbond substituents is 1. The molecule has 31 heavy (non-hydrogen) atoms. The number of anilines is 1. The molecule has 160 valence electrons. The molecule has 0 aliphatic carbocycles. The number of carbonyl (C=O) groups is 4. The molecule has 1 atom stereocenters. The summed E-state index contributed by atoms with van der Waals surface area (Å²) in [7, 11) is 1.18. The lowest BCUT2D eigenvalue weighted by Gasteiger charge is -2.17. The molecule has 9 nitrogen and oxygen atoms in total. The van der Waals surface area contributed by atoms with E-state index in [4.69, 9.17) is 4.74 Å². The van der Waals surface area contributed by atoms with Crippen LogP contribution in [0.1, 0.15) is 54.3 Å². The Labute approximate surface area is 177 Å². The van der Waals surface area contributed by atoms with Crippen LogP contribution < -0.4 is 5.32 Å². The SMILES string of the molecule is COC(=O)c1cccc(NC(=O)c2ccc3c(c2)C(=O)N(CC2CCCO2)C3=O)c1O. The second-order valence-electron chi connectivity index (χ2n) is 7.26. The molecule has 0 saturated carbocycles. The van der Waals surface area contributed by atoms with E-state index in [1.165, 1.54) is 43.5 Å². The zero-order chi connectivity index (χ0) is 22.1. The number of imide groups is 1. The van der Waals surface area contributed by atoms with Gasteiger partial charge in [-0.15, -0.1) is 0 Å². The lowest BCUT2D eigenvalue weighted by molar-refractivity contribution is 0.0475. The fourth-order valence-electron chi connectivity index (χ4n) is 3.70. The number of para-hydroxylation sites is 1. The molecule has 9 heteroatoms. The quantitative estimate of drug-likeness (QED) is 0.429. The number of hydrogen-bond donors (Lipinski definition) is 2. The van der Waals surface area contributed by atoms with Crippen LogP contribution in [0.4, 0.5) is 5.69 Å². The molecule has 0 radical (unpaired) electrons. The fourth-order valence-corrected chi connectivity index (χ4v) is 3.70. The lowest BCUT2D eigenvalue weighted by Crippen LogP contribution is -2.36. The third-order valence-corrected chi connectivity index (χ3v) is 5.33. The van der Waals surface area contributed by atoms with E-state index >= 15 is 0 Å². The van der Waals surface area contributed by atoms with Crippen molar-refractivity contribution >= 4 is 29.4 Å². The molecule has 4 rings (SSSR count). The lowest BCUT2D eigenvalue weighted by atomic mass is 10.0. The summed E-state index contributed by atoms with van der Waals surface area (Å²) >= 11 is 0. The molecular formula is C22H20N2O7. The van der Waals surface area contributed by atoms with Crippen LogP contribution in [0.5, 0.6) is 5.75 Å². The van der Waals surface area contributed by atoms with Crippen molar-refractivity contribution in [2.45, 2.75) is 18.9 Å². The highest BCUT2D eigenvalue weighted by Crippen LogP contribution is 2.30. The summed E-state index contributed by atoms with van der Waals surface area (Å²) in [6, 6.07) is 8.47. The Hall–Kier alpha value is -3.72. The Morgan fingerprint density at radius 3 is 2.68 bits per heavy atom. The van der Waals surface area contributed by atoms with Crippen molar-refractivity contribution < 1.29 is 33.8 Å². The van der Waals surface area contributed by atoms with E-state index in [-0.39, 0.29) is 40.6 Å². The summed E-state index contributed by atoms with van der Waals surface area (Å²) < 4.78 is 10.1. The topological polar surface area (TPSA) is 122 Å². The van der Waals surface area contributed by atoms with Crippen molar-refractivity contribution in [3.8, 4) is 5.75 Å². The molecule has 0 bridgehead atoms. The number of amides is 3. The number of ether oxygens (including phenoxy) is 2. The van der Waals surface area contributed by atoms with E-state index in [2.05, 4.69) is 10.1 Å². The van der Waals surface area contributed by atoms with E-state index in [1.54, 1.807) is 0 Å². The molecule has 1 fully saturated rings. The Morgan fingerprint density at radius 1 is 1.19 bits per heavy atom. The van der Waals surface area contributed by atoms with E-state index < -0.39 is 29.4 Å². The smallest absolute Gasteiger partial charge is 0.341 e. The van der Waals surface area contributed by atoms with E-state index in [0.29, 0.717) is 6.61 Å². The van der Waals surface area contributed by atoms with Crippen molar-refractivity contribution in [2.75, 3.05) is 25.6 Å². The van der Waals surface area contributed by atoms with Gasteiger partial charge in [0, 0.05) is 12.2 Å². The van der Waals surface area contributed by atoms with E-state index in [1.807, 2.05) is 0 Å². The Morgan fingerprint density at radius 2 is 1.97 bits per heavy atom. The number of methoxy groups -OCH3 is 1. The summed E-state index contributed by atoms with van der Waals surface area (Å²) in [4.78, 5) is 50.9. The first-order chi connectivity index (χ1) is 14.9. The number of nitrogens with zero attached hydrogens (tertiary/aromatic N) is 1. The van der Waals surface area contributed by atoms with Crippen molar-refractivity contribution in [1.29, 1.82) is 0 Å². The number of benzene rings is 2. The standard InChI is InChI=1S/C22H20N2O7/c1-30-22(29)15-5-2-6-17(18(15)25)23-19(26)12-7-8-14-16(10-12)21(28)24(20(14)27)11-13-4-3-9-31-13/h2,5-8,10,13,25H,3-4,9,11H2,1H3,(H,23,26). The van der Waals surface area contributed by atoms with Gasteiger partial charge in [0.15, 0.2) is 5.75 Å². The molecule has 1 saturated heterocycles. The van der Waals surface area contributed by atoms with Crippen LogP contribution in [0.15, 0.2) is 36.4 Å². The van der Waals surface area contributed by atoms with Gasteiger partial charge in [-0.3, -0.25) is 19.3 Å². The van der Waals surface area contributed by atoms with Crippen molar-refractivity contribution in [2.24, 2.45) is 0 Å². The Bertz CT molecular complexity index is 1090. The zero-order valence-electron chi connectivity index (χ0n) is 16.7. The number of fused-ring (bicyclic) bond motifs is 1. The Balaban J connectivity index is 1.55. The van der Waals surface area contributed by atoms with Crippen molar-refractivity contribution in [1.82, 2.24) is 4.90 Å². The van der Waals surface area contributed by atoms with Crippen molar-refractivity contribution in [3.63, 3.8) is 0 Å². The van der Waals surface area contributed by atoms with Crippen LogP contribution in [-0.4, -0.2) is 60.1 Å². The van der Waals surface area contributed by atoms with E-state index in [9.17, 15) is 24.3 Å². The van der Waals surface area contributed by atoms with Crippen LogP contribution >= 0.6 is 0 Å². The summed E-state index contributed by atoms with van der Waals surface area (Å²) in [5.74, 6) is -2.68. The second kappa shape index (κ2) is 8.19. The van der Waals surface area contributed by atoms with Crippen LogP contribution in [0.2, 0.25) is 0 Å². The van der Waals surface area contributed by atoms with Gasteiger partial charge in [0.05, 0.1) is 36.6 Å². The molecule has 3 amide bonds. The molecule has 0 spiro atoms. The zero-order valence-corrected chi connectivity index (χ0v) is 16.7. The number of aromatic hydroxyl groups is 1. The maximum absolute atomic E-state index is 12.8. The normalized spacial score (nSPS) is 17.6. The number of carbonyl (C=O) groups excluding carboxylic acids is 4. The first-order valence-electron chi connectivity index (χ1n) is 9.74. The van der Waals surface area contributed by atoms with Gasteiger partial charge >= 0.3 is 5.97 Å². The van der Waals surface area contributed by atoms with Gasteiger partial charge in [0.25, 0.3) is 17.7 Å². The highest BCUT2D eigenvalue weighted by Gasteiger charge is 2.38. The summed E-state index contributed by atoms with van der Waals surface area (Å²) in [6.45, 7) is 0.796. The molecule has 2 aromatic carbocycles. The Kier molecular flexibility index (Phi) is 5.43. The minimum absolute atomic E-state index is 0.0100. The van der Waals surface area contributed by atoms with Gasteiger partial charge in [-0.1, -0.05) is 6.07 Å². The maximum Gasteiger partial charge on any atom is 0.341 e. The molecule has 2 aliphatic rings. The van der Waals surface area contributed by atoms with Gasteiger partial charge in [0.1, 0.15) is 5.56 Å². The average molecular weight is 424 g/mol. The first-order valence-corrected chi connectivity index (χ1v) is 9.74. The predicted molar refractivity (Wildman–Crippen MR) is 108 cm³/mol. The van der Waals surface area contributed by atoms with Crippen molar-refractivity contribution in [3.05, 3.63) is 58.7 Å². The molecule has 2 N–H and O–H groups in total. The minimum Gasteiger partial charge on any atom is -0.505 e. The molecular weight excluding hydrogens is 404 g/mol. The van der Waals surface area contributed by atoms with Gasteiger partial charge in [-0.05, 0) is 43.2 Å². The molecule has 0 aromatic heterocycles. The summed E-state index contributed by atoms with van der Waals surface area (Å²) in [5, 5.41) is 12.8. The summed E-state index contributed by atoms with van der Waals surface area (Å²) in [5.41, 5.74) is 0.413. The number of hydrogen-bond acceptors (Lipinski definition) is 7. The maximum atomic E-state index is 12.8. The largest absolute Gasteiger partial charge is 0.505 e. The van der Waals surface area contributed by atoms with Gasteiger partial charge in [0.2, 0.25) is 0 Å². The number of esters is 1. The number of rotatable bonds is 5. The van der Waals surface area contributed by atoms with Crippen LogP contribution in [0.3, 0.4) is 0 Å². The van der Waals surface area contributed by atoms with Gasteiger partial charge in [-0.25, -0.2) is 4.79 Å². The van der Waals surface area contributed by atoms with E-state index in [0.717, 1.165) is 17.7 Å². The number of phenols is 1. The highest BCUT2D eigenvalue weighted by atomic mass is 16.5. The molecule has 2 aliphatic heterocycles. The molecule has 1 unspecified atom stereocenters. The predicted octanol–water partition coefficient (Wildman–Crippen LogP) is 2.21. The molecule has 2 aromatic rings. The first kappa shape index (κ1) is 20.5. The highest BCUT2D eigenvalue weighted by molar-refractivity contribution is 6.22. The minimum atomic E-state index is -0.749. The van der Waals surface area contributed by atoms with Gasteiger partial charge < -0.3 is 19.9 Å². The monoisotopic (exact) mass is 424 g/mol. The van der Waals surface area contributed by atoms with Crippen LogP contribution in [0, 0.1) is 0 Å². The molecule has 2 heterocycles. The summed E-state index contributed by atoms with van der Waals surface area (Å²) in [6.07, 6.45) is 1.51. The third-order valence-electron chi connectivity index (χ3n) is 5.33. The van der Waals surface area contributed by atoms with Crippen LogP contribution in [-0.2, 0) is 9.47 Å². The fraction of sp³-hybridized carbons (Fsp3) is 0.273. The number of nitrogens with one attached hydrogen (secondary N) is 1. The second-order valence-corrected chi connectivity index (χ2v) is 7.26. The third kappa shape index (κ3) is 3.75. The average Bonchev–Trinajstić information content (AvgIpc) is 3.37. The van der Waals surface area contributed by atoms with Gasteiger partial charge in [-0.2, -0.15) is 0 Å². The van der Waals surface area contributed by atoms with Crippen LogP contribution in [0.25, 0.3) is 0 Å².